The Morgan fingerprint density at radius 3 is 3.22 bits per heavy atom. The van der Waals surface area contributed by atoms with E-state index in [1.165, 1.54) is 18.6 Å². The van der Waals surface area contributed by atoms with Crippen LogP contribution < -0.4 is 0 Å². The maximum Gasteiger partial charge on any atom is 0.195 e. The van der Waals surface area contributed by atoms with Crippen LogP contribution in [0.1, 0.15) is 12.8 Å². The molecule has 0 bridgehead atoms. The van der Waals surface area contributed by atoms with Gasteiger partial charge in [-0.1, -0.05) is 0 Å². The molecule has 1 N–H and O–H groups in total. The van der Waals surface area contributed by atoms with Gasteiger partial charge in [0.05, 0.1) is 0 Å². The third-order valence-corrected chi connectivity index (χ3v) is 4.78. The van der Waals surface area contributed by atoms with Gasteiger partial charge < -0.3 is 0 Å². The van der Waals surface area contributed by atoms with E-state index in [0.717, 1.165) is 17.9 Å². The van der Waals surface area contributed by atoms with Crippen molar-refractivity contribution in [1.29, 1.82) is 0 Å². The number of nitrogens with zero attached hydrogens (tertiary/aromatic N) is 3. The van der Waals surface area contributed by atoms with Crippen molar-refractivity contribution in [1.82, 2.24) is 19.7 Å². The Morgan fingerprint density at radius 1 is 1.56 bits per heavy atom. The highest BCUT2D eigenvalue weighted by molar-refractivity contribution is 8.00. The molecule has 2 aromatic rings. The van der Waals surface area contributed by atoms with Gasteiger partial charge in [0.15, 0.2) is 10.6 Å². The molecule has 3 rings (SSSR count). The van der Waals surface area contributed by atoms with Gasteiger partial charge in [-0.25, -0.2) is 0 Å². The van der Waals surface area contributed by atoms with Crippen molar-refractivity contribution in [2.45, 2.75) is 24.6 Å². The number of H-pyrrole nitrogens is 1. The maximum absolute atomic E-state index is 5.32. The summed E-state index contributed by atoms with van der Waals surface area (Å²) in [7, 11) is 0. The molecule has 1 unspecified atom stereocenters. The lowest BCUT2D eigenvalue weighted by molar-refractivity contribution is 0.635. The lowest BCUT2D eigenvalue weighted by Crippen LogP contribution is -2.11. The van der Waals surface area contributed by atoms with Crippen LogP contribution in [-0.4, -0.2) is 30.8 Å². The largest absolute Gasteiger partial charge is 0.299 e. The fourth-order valence-corrected chi connectivity index (χ4v) is 3.66. The number of aromatic nitrogens is 4. The zero-order valence-electron chi connectivity index (χ0n) is 9.87. The third-order valence-electron chi connectivity index (χ3n) is 3.09. The average molecular weight is 278 g/mol. The number of rotatable bonds is 3. The molecule has 6 heteroatoms. The van der Waals surface area contributed by atoms with Crippen LogP contribution in [0.3, 0.4) is 0 Å². The van der Waals surface area contributed by atoms with E-state index in [4.69, 9.17) is 12.2 Å². The van der Waals surface area contributed by atoms with Gasteiger partial charge in [-0.3, -0.25) is 14.6 Å². The summed E-state index contributed by atoms with van der Waals surface area (Å²) in [6.45, 7) is 0.935. The predicted octanol–water partition coefficient (Wildman–Crippen LogP) is 2.90. The van der Waals surface area contributed by atoms with Gasteiger partial charge in [-0.15, -0.1) is 0 Å². The number of nitrogens with one attached hydrogen (secondary N) is 1. The van der Waals surface area contributed by atoms with Crippen molar-refractivity contribution >= 4 is 24.0 Å². The van der Waals surface area contributed by atoms with Crippen LogP contribution in [0.4, 0.5) is 0 Å². The van der Waals surface area contributed by atoms with Crippen molar-refractivity contribution in [3.05, 3.63) is 29.3 Å². The van der Waals surface area contributed by atoms with Gasteiger partial charge in [0.1, 0.15) is 0 Å². The average Bonchev–Trinajstić information content (AvgIpc) is 3.03. The van der Waals surface area contributed by atoms with E-state index in [1.54, 1.807) is 6.20 Å². The molecule has 3 heterocycles. The molecule has 18 heavy (non-hydrogen) atoms. The standard InChI is InChI=1S/C12H14N4S2/c17-12-15-14-11(9-3-1-5-13-7-9)16(12)8-10-4-2-6-18-10/h1,3,5,7,10H,2,4,6,8H2,(H,15,17). The van der Waals surface area contributed by atoms with Crippen molar-refractivity contribution in [2.24, 2.45) is 0 Å². The van der Waals surface area contributed by atoms with E-state index in [0.29, 0.717) is 10.0 Å². The molecule has 1 atom stereocenters. The molecular formula is C12H14N4S2. The summed E-state index contributed by atoms with van der Waals surface area (Å²) in [5, 5.41) is 7.87. The molecule has 0 spiro atoms. The number of hydrogen-bond acceptors (Lipinski definition) is 4. The Bertz CT molecular complexity index is 569. The van der Waals surface area contributed by atoms with Gasteiger partial charge in [-0.05, 0) is 42.9 Å². The summed E-state index contributed by atoms with van der Waals surface area (Å²) in [6.07, 6.45) is 6.16. The topological polar surface area (TPSA) is 46.5 Å². The molecule has 1 fully saturated rings. The minimum absolute atomic E-state index is 0.657. The van der Waals surface area contributed by atoms with E-state index in [1.807, 2.05) is 30.1 Å². The lowest BCUT2D eigenvalue weighted by atomic mass is 10.2. The highest BCUT2D eigenvalue weighted by Gasteiger charge is 2.19. The van der Waals surface area contributed by atoms with Gasteiger partial charge in [0, 0.05) is 29.8 Å². The normalized spacial score (nSPS) is 19.2. The second kappa shape index (κ2) is 5.24. The first kappa shape index (κ1) is 11.9. The molecule has 0 amide bonds. The van der Waals surface area contributed by atoms with E-state index in [2.05, 4.69) is 19.7 Å². The first-order valence-corrected chi connectivity index (χ1v) is 7.47. The number of pyridine rings is 1. The van der Waals surface area contributed by atoms with Crippen LogP contribution in [-0.2, 0) is 6.54 Å². The fraction of sp³-hybridized carbons (Fsp3) is 0.417. The van der Waals surface area contributed by atoms with E-state index in [9.17, 15) is 0 Å². The predicted molar refractivity (Wildman–Crippen MR) is 76.1 cm³/mol. The molecule has 0 aliphatic carbocycles. The maximum atomic E-state index is 5.32. The molecule has 94 valence electrons. The van der Waals surface area contributed by atoms with Crippen molar-refractivity contribution in [2.75, 3.05) is 5.75 Å². The van der Waals surface area contributed by atoms with Crippen molar-refractivity contribution in [3.63, 3.8) is 0 Å². The van der Waals surface area contributed by atoms with Crippen LogP contribution >= 0.6 is 24.0 Å². The Hall–Kier alpha value is -1.14. The third kappa shape index (κ3) is 2.35. The zero-order chi connectivity index (χ0) is 12.4. The minimum Gasteiger partial charge on any atom is -0.299 e. The highest BCUT2D eigenvalue weighted by Crippen LogP contribution is 2.28. The summed E-state index contributed by atoms with van der Waals surface area (Å²) in [5.41, 5.74) is 1.01. The van der Waals surface area contributed by atoms with Gasteiger partial charge in [0.25, 0.3) is 0 Å². The van der Waals surface area contributed by atoms with E-state index >= 15 is 0 Å². The Labute approximate surface area is 115 Å². The Morgan fingerprint density at radius 2 is 2.50 bits per heavy atom. The summed E-state index contributed by atoms with van der Waals surface area (Å²) >= 11 is 7.35. The van der Waals surface area contributed by atoms with Gasteiger partial charge in [0.2, 0.25) is 0 Å². The second-order valence-corrected chi connectivity index (χ2v) is 6.13. The monoisotopic (exact) mass is 278 g/mol. The molecule has 1 aliphatic heterocycles. The summed E-state index contributed by atoms with van der Waals surface area (Å²) < 4.78 is 2.79. The molecule has 1 saturated heterocycles. The van der Waals surface area contributed by atoms with Crippen LogP contribution in [0.25, 0.3) is 11.4 Å². The number of hydrogen-bond donors (Lipinski definition) is 1. The van der Waals surface area contributed by atoms with Crippen molar-refractivity contribution in [3.8, 4) is 11.4 Å². The number of thioether (sulfide) groups is 1. The van der Waals surface area contributed by atoms with E-state index in [-0.39, 0.29) is 0 Å². The van der Waals surface area contributed by atoms with Crippen molar-refractivity contribution < 1.29 is 0 Å². The second-order valence-electron chi connectivity index (χ2n) is 4.34. The quantitative estimate of drug-likeness (QED) is 0.877. The molecule has 4 nitrogen and oxygen atoms in total. The summed E-state index contributed by atoms with van der Waals surface area (Å²) in [5.74, 6) is 2.15. The smallest absolute Gasteiger partial charge is 0.195 e. The molecule has 0 aromatic carbocycles. The van der Waals surface area contributed by atoms with Gasteiger partial charge >= 0.3 is 0 Å². The fourth-order valence-electron chi connectivity index (χ4n) is 2.19. The van der Waals surface area contributed by atoms with E-state index < -0.39 is 0 Å². The van der Waals surface area contributed by atoms with Crippen LogP contribution in [0.2, 0.25) is 0 Å². The van der Waals surface area contributed by atoms with Crippen LogP contribution in [0.15, 0.2) is 24.5 Å². The first-order valence-electron chi connectivity index (χ1n) is 6.02. The lowest BCUT2D eigenvalue weighted by Gasteiger charge is -2.11. The Balaban J connectivity index is 1.93. The summed E-state index contributed by atoms with van der Waals surface area (Å²) in [6, 6.07) is 3.93. The molecule has 2 aromatic heterocycles. The zero-order valence-corrected chi connectivity index (χ0v) is 11.5. The van der Waals surface area contributed by atoms with Gasteiger partial charge in [-0.2, -0.15) is 16.9 Å². The van der Waals surface area contributed by atoms with Crippen LogP contribution in [0, 0.1) is 4.77 Å². The summed E-state index contributed by atoms with van der Waals surface area (Å²) in [4.78, 5) is 4.14. The molecular weight excluding hydrogens is 264 g/mol. The molecule has 0 saturated carbocycles. The molecule has 0 radical (unpaired) electrons. The SMILES string of the molecule is S=c1[nH]nc(-c2cccnc2)n1CC1CCCS1. The van der Waals surface area contributed by atoms with Crippen LogP contribution in [0.5, 0.6) is 0 Å². The number of aromatic amines is 1. The highest BCUT2D eigenvalue weighted by atomic mass is 32.2. The first-order chi connectivity index (χ1) is 8.84. The Kier molecular flexibility index (Phi) is 3.47. The minimum atomic E-state index is 0.657. The molecule has 1 aliphatic rings.